The lowest BCUT2D eigenvalue weighted by molar-refractivity contribution is -0.137. The van der Waals surface area contributed by atoms with Gasteiger partial charge < -0.3 is 14.6 Å². The summed E-state index contributed by atoms with van der Waals surface area (Å²) < 4.78 is 9.22. The van der Waals surface area contributed by atoms with E-state index in [0.29, 0.717) is 5.56 Å². The molecule has 0 fully saturated rings. The van der Waals surface area contributed by atoms with Gasteiger partial charge in [0.15, 0.2) is 0 Å². The van der Waals surface area contributed by atoms with Crippen molar-refractivity contribution in [1.82, 2.24) is 0 Å². The number of hydrogen-bond acceptors (Lipinski definition) is 5. The average Bonchev–Trinajstić information content (AvgIpc) is 2.36. The lowest BCUT2D eigenvalue weighted by Crippen LogP contribution is -2.01. The average molecular weight is 250 g/mol. The Balaban J connectivity index is 2.86. The van der Waals surface area contributed by atoms with E-state index in [1.807, 2.05) is 0 Å². The van der Waals surface area contributed by atoms with Crippen LogP contribution in [0, 0.1) is 0 Å². The lowest BCUT2D eigenvalue weighted by Gasteiger charge is -2.02. The Morgan fingerprint density at radius 1 is 1.39 bits per heavy atom. The van der Waals surface area contributed by atoms with Crippen LogP contribution >= 0.6 is 0 Å². The Morgan fingerprint density at radius 2 is 2.11 bits per heavy atom. The molecule has 1 aromatic rings. The molecule has 5 heteroatoms. The molecule has 0 radical (unpaired) electrons. The summed E-state index contributed by atoms with van der Waals surface area (Å²) in [5.41, 5.74) is 0.652. The van der Waals surface area contributed by atoms with Gasteiger partial charge in [-0.1, -0.05) is 6.07 Å². The lowest BCUT2D eigenvalue weighted by atomic mass is 10.1. The minimum absolute atomic E-state index is 0.113. The van der Waals surface area contributed by atoms with Crippen molar-refractivity contribution in [1.29, 1.82) is 0 Å². The molecule has 0 aromatic heterocycles. The summed E-state index contributed by atoms with van der Waals surface area (Å²) in [5, 5.41) is 9.67. The Bertz CT molecular complexity index is 476. The molecule has 0 saturated carbocycles. The van der Waals surface area contributed by atoms with Crippen molar-refractivity contribution in [2.75, 3.05) is 13.7 Å². The molecule has 0 amide bonds. The van der Waals surface area contributed by atoms with Crippen LogP contribution in [-0.4, -0.2) is 30.8 Å². The molecule has 0 aliphatic heterocycles. The van der Waals surface area contributed by atoms with Crippen molar-refractivity contribution >= 4 is 18.0 Å². The monoisotopic (exact) mass is 250 g/mol. The summed E-state index contributed by atoms with van der Waals surface area (Å²) in [6, 6.07) is 4.28. The molecule has 5 nitrogen and oxygen atoms in total. The topological polar surface area (TPSA) is 72.8 Å². The summed E-state index contributed by atoms with van der Waals surface area (Å²) in [4.78, 5) is 22.3. The van der Waals surface area contributed by atoms with Crippen LogP contribution in [0.2, 0.25) is 0 Å². The number of esters is 2. The Kier molecular flexibility index (Phi) is 4.92. The molecule has 1 rings (SSSR count). The van der Waals surface area contributed by atoms with Crippen molar-refractivity contribution in [3.8, 4) is 5.75 Å². The van der Waals surface area contributed by atoms with E-state index in [1.165, 1.54) is 37.5 Å². The molecule has 0 saturated heterocycles. The second kappa shape index (κ2) is 6.44. The summed E-state index contributed by atoms with van der Waals surface area (Å²) in [6.45, 7) is 1.99. The zero-order valence-electron chi connectivity index (χ0n) is 10.2. The maximum absolute atomic E-state index is 11.2. The third-order valence-corrected chi connectivity index (χ3v) is 2.14. The van der Waals surface area contributed by atoms with Gasteiger partial charge in [-0.2, -0.15) is 0 Å². The zero-order chi connectivity index (χ0) is 13.5. The van der Waals surface area contributed by atoms with Crippen molar-refractivity contribution in [3.63, 3.8) is 0 Å². The van der Waals surface area contributed by atoms with Crippen LogP contribution in [0.4, 0.5) is 0 Å². The zero-order valence-corrected chi connectivity index (χ0v) is 10.2. The van der Waals surface area contributed by atoms with Crippen LogP contribution in [0.1, 0.15) is 22.8 Å². The molecule has 1 aromatic carbocycles. The maximum atomic E-state index is 11.2. The Morgan fingerprint density at radius 3 is 2.67 bits per heavy atom. The number of rotatable bonds is 4. The van der Waals surface area contributed by atoms with Crippen LogP contribution in [0.5, 0.6) is 5.75 Å². The largest absolute Gasteiger partial charge is 0.507 e. The van der Waals surface area contributed by atoms with Crippen LogP contribution in [0.3, 0.4) is 0 Å². The fourth-order valence-corrected chi connectivity index (χ4v) is 1.28. The van der Waals surface area contributed by atoms with Crippen molar-refractivity contribution in [2.24, 2.45) is 0 Å². The Labute approximate surface area is 105 Å². The van der Waals surface area contributed by atoms with E-state index in [2.05, 4.69) is 4.74 Å². The van der Waals surface area contributed by atoms with Gasteiger partial charge >= 0.3 is 11.9 Å². The molecule has 0 unspecified atom stereocenters. The molecule has 18 heavy (non-hydrogen) atoms. The van der Waals surface area contributed by atoms with Crippen LogP contribution in [-0.2, 0) is 14.3 Å². The number of aromatic hydroxyl groups is 1. The number of ether oxygens (including phenoxy) is 2. The number of phenolic OH excluding ortho intramolecular Hbond substituents is 1. The summed E-state index contributed by atoms with van der Waals surface area (Å²) in [7, 11) is 1.26. The first kappa shape index (κ1) is 13.8. The second-order valence-electron chi connectivity index (χ2n) is 3.35. The van der Waals surface area contributed by atoms with E-state index in [0.717, 1.165) is 0 Å². The third-order valence-electron chi connectivity index (χ3n) is 2.14. The van der Waals surface area contributed by atoms with Crippen LogP contribution < -0.4 is 0 Å². The number of phenols is 1. The van der Waals surface area contributed by atoms with Gasteiger partial charge in [0.25, 0.3) is 0 Å². The standard InChI is InChI=1S/C13H14O5/c1-3-18-12(15)7-6-9-4-5-10(8-11(9)14)13(16)17-2/h4-8,14H,3H2,1-2H3. The molecule has 0 bridgehead atoms. The summed E-state index contributed by atoms with van der Waals surface area (Å²) in [6.07, 6.45) is 2.62. The number of benzene rings is 1. The first-order valence-corrected chi connectivity index (χ1v) is 5.34. The number of carbonyl (C=O) groups excluding carboxylic acids is 2. The van der Waals surface area contributed by atoms with Gasteiger partial charge in [-0.05, 0) is 25.1 Å². The van der Waals surface area contributed by atoms with Crippen molar-refractivity contribution < 1.29 is 24.2 Å². The molecule has 0 spiro atoms. The predicted molar refractivity (Wildman–Crippen MR) is 65.1 cm³/mol. The minimum Gasteiger partial charge on any atom is -0.507 e. The highest BCUT2D eigenvalue weighted by Gasteiger charge is 2.08. The van der Waals surface area contributed by atoms with Crippen LogP contribution in [0.15, 0.2) is 24.3 Å². The number of carbonyl (C=O) groups is 2. The highest BCUT2D eigenvalue weighted by molar-refractivity contribution is 5.91. The van der Waals surface area contributed by atoms with E-state index in [9.17, 15) is 14.7 Å². The highest BCUT2D eigenvalue weighted by Crippen LogP contribution is 2.20. The summed E-state index contributed by atoms with van der Waals surface area (Å²) >= 11 is 0. The maximum Gasteiger partial charge on any atom is 0.337 e. The molecule has 0 atom stereocenters. The first-order valence-electron chi connectivity index (χ1n) is 5.34. The van der Waals surface area contributed by atoms with Gasteiger partial charge in [0.2, 0.25) is 0 Å². The van der Waals surface area contributed by atoms with E-state index in [-0.39, 0.29) is 17.9 Å². The van der Waals surface area contributed by atoms with Gasteiger partial charge in [-0.15, -0.1) is 0 Å². The molecule has 0 aliphatic carbocycles. The first-order chi connectivity index (χ1) is 8.58. The van der Waals surface area contributed by atoms with Gasteiger partial charge in [-0.3, -0.25) is 0 Å². The van der Waals surface area contributed by atoms with Gasteiger partial charge in [0.05, 0.1) is 19.3 Å². The van der Waals surface area contributed by atoms with Gasteiger partial charge in [-0.25, -0.2) is 9.59 Å². The SMILES string of the molecule is CCOC(=O)C=Cc1ccc(C(=O)OC)cc1O. The van der Waals surface area contributed by atoms with Crippen LogP contribution in [0.25, 0.3) is 6.08 Å². The normalized spacial score (nSPS) is 10.3. The predicted octanol–water partition coefficient (Wildman–Crippen LogP) is 1.76. The van der Waals surface area contributed by atoms with E-state index < -0.39 is 11.9 Å². The van der Waals surface area contributed by atoms with Crippen molar-refractivity contribution in [2.45, 2.75) is 6.92 Å². The smallest absolute Gasteiger partial charge is 0.337 e. The molecule has 0 heterocycles. The Hall–Kier alpha value is -2.30. The number of hydrogen-bond donors (Lipinski definition) is 1. The quantitative estimate of drug-likeness (QED) is 0.651. The minimum atomic E-state index is -0.536. The summed E-state index contributed by atoms with van der Waals surface area (Å²) in [5.74, 6) is -1.14. The molecule has 1 N–H and O–H groups in total. The third kappa shape index (κ3) is 3.62. The van der Waals surface area contributed by atoms with Gasteiger partial charge in [0.1, 0.15) is 5.75 Å². The van der Waals surface area contributed by atoms with Gasteiger partial charge in [0, 0.05) is 11.6 Å². The second-order valence-corrected chi connectivity index (χ2v) is 3.35. The number of methoxy groups -OCH3 is 1. The molecule has 0 aliphatic rings. The van der Waals surface area contributed by atoms with E-state index in [4.69, 9.17) is 4.74 Å². The fraction of sp³-hybridized carbons (Fsp3) is 0.231. The molecular formula is C13H14O5. The molecule has 96 valence electrons. The highest BCUT2D eigenvalue weighted by atomic mass is 16.5. The van der Waals surface area contributed by atoms with Crippen molar-refractivity contribution in [3.05, 3.63) is 35.4 Å². The van der Waals surface area contributed by atoms with E-state index in [1.54, 1.807) is 6.92 Å². The van der Waals surface area contributed by atoms with E-state index >= 15 is 0 Å². The fourth-order valence-electron chi connectivity index (χ4n) is 1.28. The molecular weight excluding hydrogens is 236 g/mol.